The molecule has 0 bridgehead atoms. The first-order chi connectivity index (χ1) is 18.9. The number of aromatic nitrogens is 2. The number of benzene rings is 1. The van der Waals surface area contributed by atoms with Gasteiger partial charge in [0.2, 0.25) is 10.0 Å². The van der Waals surface area contributed by atoms with Gasteiger partial charge in [-0.15, -0.1) is 11.3 Å². The van der Waals surface area contributed by atoms with Gasteiger partial charge in [-0.25, -0.2) is 27.7 Å². The lowest BCUT2D eigenvalue weighted by molar-refractivity contribution is 0.185. The molecular formula is C27H34N6O5S2. The summed E-state index contributed by atoms with van der Waals surface area (Å²) in [7, 11) is -3.96. The van der Waals surface area contributed by atoms with Crippen molar-refractivity contribution < 1.29 is 23.1 Å². The molecule has 214 valence electrons. The van der Waals surface area contributed by atoms with Crippen LogP contribution in [-0.2, 0) is 16.6 Å². The molecule has 13 heteroatoms. The summed E-state index contributed by atoms with van der Waals surface area (Å²) in [5, 5.41) is 17.9. The third-order valence-electron chi connectivity index (χ3n) is 6.37. The Kier molecular flexibility index (Phi) is 9.06. The molecule has 0 saturated heterocycles. The molecule has 1 aliphatic rings. The van der Waals surface area contributed by atoms with Gasteiger partial charge in [-0.3, -0.25) is 4.98 Å². The number of thiazole rings is 1. The van der Waals surface area contributed by atoms with Gasteiger partial charge in [0.1, 0.15) is 0 Å². The number of carbonyl (C=O) groups is 2. The first kappa shape index (κ1) is 29.4. The molecule has 3 aromatic rings. The standard InChI is InChI=1S/C27H34N6O5S2/c1-27(2,3)33-40(37,38)23-14-20(31-25(34)30-15-17-10-12-28-13-11-17)8-9-21(23)22-16-29-24(39-22)18-4-6-19(7-5-18)32-26(35)36/h8-14,16,18-19,32-33H,4-7,15H2,1-3H3,(H,35,36)(H2,30,31,34). The molecule has 5 N–H and O–H groups in total. The van der Waals surface area contributed by atoms with Crippen LogP contribution in [0.1, 0.15) is 62.9 Å². The van der Waals surface area contributed by atoms with Gasteiger partial charge in [-0.1, -0.05) is 6.07 Å². The Morgan fingerprint density at radius 1 is 1.07 bits per heavy atom. The minimum absolute atomic E-state index is 0.0407. The highest BCUT2D eigenvalue weighted by molar-refractivity contribution is 7.89. The van der Waals surface area contributed by atoms with Crippen LogP contribution in [0.25, 0.3) is 10.4 Å². The number of hydrogen-bond acceptors (Lipinski definition) is 7. The average Bonchev–Trinajstić information content (AvgIpc) is 3.37. The molecule has 3 amide bonds. The fourth-order valence-electron chi connectivity index (χ4n) is 4.60. The van der Waals surface area contributed by atoms with E-state index in [4.69, 9.17) is 5.11 Å². The second kappa shape index (κ2) is 12.3. The Bertz CT molecular complexity index is 1450. The maximum Gasteiger partial charge on any atom is 0.404 e. The number of carbonyl (C=O) groups excluding carboxylic acids is 1. The Morgan fingerprint density at radius 3 is 2.42 bits per heavy atom. The fourth-order valence-corrected chi connectivity index (χ4v) is 7.46. The summed E-state index contributed by atoms with van der Waals surface area (Å²) in [6.07, 6.45) is 7.00. The first-order valence-electron chi connectivity index (χ1n) is 13.0. The summed E-state index contributed by atoms with van der Waals surface area (Å²) in [6, 6.07) is 7.86. The van der Waals surface area contributed by atoms with Crippen LogP contribution in [-0.4, -0.2) is 47.2 Å². The number of anilines is 1. The summed E-state index contributed by atoms with van der Waals surface area (Å²) in [4.78, 5) is 32.8. The van der Waals surface area contributed by atoms with Crippen molar-refractivity contribution >= 4 is 39.2 Å². The van der Waals surface area contributed by atoms with Gasteiger partial charge in [0.25, 0.3) is 0 Å². The highest BCUT2D eigenvalue weighted by Gasteiger charge is 2.29. The van der Waals surface area contributed by atoms with E-state index in [1.165, 1.54) is 17.4 Å². The Balaban J connectivity index is 1.56. The molecule has 4 rings (SSSR count). The van der Waals surface area contributed by atoms with E-state index in [0.29, 0.717) is 22.7 Å². The molecule has 0 aliphatic heterocycles. The molecular weight excluding hydrogens is 552 g/mol. The number of urea groups is 1. The molecule has 2 heterocycles. The van der Waals surface area contributed by atoms with Gasteiger partial charge in [0, 0.05) is 53.9 Å². The molecule has 0 radical (unpaired) electrons. The number of nitrogens with zero attached hydrogens (tertiary/aromatic N) is 2. The van der Waals surface area contributed by atoms with Gasteiger partial charge in [-0.2, -0.15) is 0 Å². The second-order valence-electron chi connectivity index (χ2n) is 10.8. The van der Waals surface area contributed by atoms with Crippen LogP contribution in [0, 0.1) is 0 Å². The summed E-state index contributed by atoms with van der Waals surface area (Å²) in [5.41, 5.74) is 0.984. The fraction of sp³-hybridized carbons (Fsp3) is 0.407. The van der Waals surface area contributed by atoms with Gasteiger partial charge >= 0.3 is 12.1 Å². The Hall–Kier alpha value is -3.55. The maximum absolute atomic E-state index is 13.5. The third-order valence-corrected chi connectivity index (χ3v) is 9.36. The normalized spacial score (nSPS) is 17.7. The number of carboxylic acid groups (broad SMARTS) is 1. The van der Waals surface area contributed by atoms with Crippen molar-refractivity contribution in [2.45, 2.75) is 75.4 Å². The summed E-state index contributed by atoms with van der Waals surface area (Å²) in [6.45, 7) is 5.58. The van der Waals surface area contributed by atoms with Crippen LogP contribution in [0.2, 0.25) is 0 Å². The van der Waals surface area contributed by atoms with E-state index in [1.807, 2.05) is 0 Å². The first-order valence-corrected chi connectivity index (χ1v) is 15.3. The Morgan fingerprint density at radius 2 is 1.77 bits per heavy atom. The van der Waals surface area contributed by atoms with E-state index in [-0.39, 0.29) is 16.9 Å². The molecule has 1 saturated carbocycles. The van der Waals surface area contributed by atoms with E-state index >= 15 is 0 Å². The smallest absolute Gasteiger partial charge is 0.404 e. The van der Waals surface area contributed by atoms with Crippen molar-refractivity contribution in [1.29, 1.82) is 0 Å². The minimum atomic E-state index is -3.96. The zero-order valence-electron chi connectivity index (χ0n) is 22.6. The van der Waals surface area contributed by atoms with Gasteiger partial charge in [0.05, 0.1) is 14.8 Å². The molecule has 1 aliphatic carbocycles. The lowest BCUT2D eigenvalue weighted by atomic mass is 9.86. The average molecular weight is 587 g/mol. The summed E-state index contributed by atoms with van der Waals surface area (Å²) >= 11 is 1.44. The SMILES string of the molecule is CC(C)(C)NS(=O)(=O)c1cc(NC(=O)NCc2ccncc2)ccc1-c1cnc(C2CCC(NC(=O)O)CC2)s1. The predicted molar refractivity (Wildman–Crippen MR) is 154 cm³/mol. The molecule has 40 heavy (non-hydrogen) atoms. The zero-order chi connectivity index (χ0) is 28.9. The molecule has 0 atom stereocenters. The van der Waals surface area contributed by atoms with Crippen LogP contribution in [0.4, 0.5) is 15.3 Å². The van der Waals surface area contributed by atoms with Crippen LogP contribution in [0.15, 0.2) is 53.8 Å². The highest BCUT2D eigenvalue weighted by Crippen LogP contribution is 2.40. The molecule has 0 spiro atoms. The number of pyridine rings is 1. The Labute approximate surface area is 237 Å². The predicted octanol–water partition coefficient (Wildman–Crippen LogP) is 4.90. The van der Waals surface area contributed by atoms with Crippen molar-refractivity contribution in [3.63, 3.8) is 0 Å². The topological polar surface area (TPSA) is 162 Å². The summed E-state index contributed by atoms with van der Waals surface area (Å²) < 4.78 is 29.7. The van der Waals surface area contributed by atoms with E-state index in [0.717, 1.165) is 36.3 Å². The van der Waals surface area contributed by atoms with Gasteiger partial charge < -0.3 is 21.1 Å². The van der Waals surface area contributed by atoms with Crippen molar-refractivity contribution in [2.24, 2.45) is 0 Å². The van der Waals surface area contributed by atoms with Crippen molar-refractivity contribution in [3.05, 3.63) is 59.5 Å². The second-order valence-corrected chi connectivity index (χ2v) is 13.5. The quantitative estimate of drug-likeness (QED) is 0.251. The monoisotopic (exact) mass is 586 g/mol. The van der Waals surface area contributed by atoms with Crippen molar-refractivity contribution in [2.75, 3.05) is 5.32 Å². The number of rotatable bonds is 8. The molecule has 2 aromatic heterocycles. The van der Waals surface area contributed by atoms with Crippen LogP contribution in [0.5, 0.6) is 0 Å². The zero-order valence-corrected chi connectivity index (χ0v) is 24.2. The van der Waals surface area contributed by atoms with Crippen LogP contribution < -0.4 is 20.7 Å². The molecule has 1 fully saturated rings. The van der Waals surface area contributed by atoms with Crippen LogP contribution >= 0.6 is 11.3 Å². The van der Waals surface area contributed by atoms with Crippen molar-refractivity contribution in [1.82, 2.24) is 25.3 Å². The van der Waals surface area contributed by atoms with Gasteiger partial charge in [-0.05, 0) is 76.3 Å². The van der Waals surface area contributed by atoms with E-state index in [9.17, 15) is 18.0 Å². The van der Waals surface area contributed by atoms with E-state index < -0.39 is 27.7 Å². The third kappa shape index (κ3) is 7.99. The number of sulfonamides is 1. The number of hydrogen-bond donors (Lipinski definition) is 5. The lowest BCUT2D eigenvalue weighted by Gasteiger charge is -2.27. The summed E-state index contributed by atoms with van der Waals surface area (Å²) in [5.74, 6) is 0.184. The van der Waals surface area contributed by atoms with Gasteiger partial charge in [0.15, 0.2) is 0 Å². The number of amides is 3. The van der Waals surface area contributed by atoms with E-state index in [2.05, 4.69) is 30.6 Å². The molecule has 0 unspecified atom stereocenters. The van der Waals surface area contributed by atoms with Crippen LogP contribution in [0.3, 0.4) is 0 Å². The van der Waals surface area contributed by atoms with E-state index in [1.54, 1.807) is 63.6 Å². The number of nitrogens with one attached hydrogen (secondary N) is 4. The largest absolute Gasteiger partial charge is 0.465 e. The highest BCUT2D eigenvalue weighted by atomic mass is 32.2. The van der Waals surface area contributed by atoms with Crippen molar-refractivity contribution in [3.8, 4) is 10.4 Å². The lowest BCUT2D eigenvalue weighted by Crippen LogP contribution is -2.40. The molecule has 11 nitrogen and oxygen atoms in total. The maximum atomic E-state index is 13.5. The molecule has 1 aromatic carbocycles. The minimum Gasteiger partial charge on any atom is -0.465 e.